The van der Waals surface area contributed by atoms with E-state index in [1.54, 1.807) is 4.52 Å². The van der Waals surface area contributed by atoms with Gasteiger partial charge in [0, 0.05) is 15.6 Å². The fourth-order valence-electron chi connectivity index (χ4n) is 2.54. The molecule has 0 aliphatic carbocycles. The van der Waals surface area contributed by atoms with Crippen molar-refractivity contribution in [2.75, 3.05) is 6.79 Å². The molecule has 0 radical (unpaired) electrons. The molecular weight excluding hydrogens is 392 g/mol. The largest absolute Gasteiger partial charge is 0.454 e. The number of hydrogen-bond donors (Lipinski definition) is 0. The van der Waals surface area contributed by atoms with Crippen LogP contribution < -0.4 is 9.47 Å². The molecule has 0 spiro atoms. The summed E-state index contributed by atoms with van der Waals surface area (Å²) in [5.41, 5.74) is 1.93. The molecule has 0 saturated heterocycles. The van der Waals surface area contributed by atoms with Gasteiger partial charge >= 0.3 is 0 Å². The van der Waals surface area contributed by atoms with Crippen LogP contribution in [0.2, 0.25) is 0 Å². The van der Waals surface area contributed by atoms with Crippen molar-refractivity contribution in [3.63, 3.8) is 0 Å². The lowest BCUT2D eigenvalue weighted by Crippen LogP contribution is -1.93. The standard InChI is InChI=1S/C16H9BrN4O2S/c17-11-4-1-9(2-5-11)15-20-21-14(18-19-16(21)24-15)10-3-6-12-13(7-10)23-8-22-12/h1-7H,8H2. The fourth-order valence-corrected chi connectivity index (χ4v) is 3.65. The molecule has 24 heavy (non-hydrogen) atoms. The van der Waals surface area contributed by atoms with Crippen LogP contribution in [0.1, 0.15) is 0 Å². The monoisotopic (exact) mass is 400 g/mol. The number of halogens is 1. The number of aromatic nitrogens is 4. The summed E-state index contributed by atoms with van der Waals surface area (Å²) in [7, 11) is 0. The zero-order valence-corrected chi connectivity index (χ0v) is 14.5. The van der Waals surface area contributed by atoms with Gasteiger partial charge in [0.1, 0.15) is 5.01 Å². The molecule has 2 aromatic heterocycles. The van der Waals surface area contributed by atoms with E-state index < -0.39 is 0 Å². The average Bonchev–Trinajstić information content (AvgIpc) is 3.29. The highest BCUT2D eigenvalue weighted by atomic mass is 79.9. The molecule has 3 heterocycles. The maximum absolute atomic E-state index is 5.43. The smallest absolute Gasteiger partial charge is 0.235 e. The van der Waals surface area contributed by atoms with Crippen molar-refractivity contribution < 1.29 is 9.47 Å². The highest BCUT2D eigenvalue weighted by Gasteiger charge is 2.18. The van der Waals surface area contributed by atoms with Gasteiger partial charge in [0.05, 0.1) is 0 Å². The Morgan fingerprint density at radius 3 is 2.62 bits per heavy atom. The zero-order valence-electron chi connectivity index (χ0n) is 12.1. The second-order valence-electron chi connectivity index (χ2n) is 5.20. The van der Waals surface area contributed by atoms with E-state index in [1.165, 1.54) is 11.3 Å². The minimum absolute atomic E-state index is 0.248. The van der Waals surface area contributed by atoms with Gasteiger partial charge in [0.15, 0.2) is 17.3 Å². The first-order valence-corrected chi connectivity index (χ1v) is 8.77. The van der Waals surface area contributed by atoms with E-state index in [9.17, 15) is 0 Å². The van der Waals surface area contributed by atoms with Crippen molar-refractivity contribution in [1.82, 2.24) is 19.8 Å². The summed E-state index contributed by atoms with van der Waals surface area (Å²) in [6.45, 7) is 0.248. The fraction of sp³-hybridized carbons (Fsp3) is 0.0625. The number of rotatable bonds is 2. The number of fused-ring (bicyclic) bond motifs is 2. The molecule has 5 rings (SSSR count). The van der Waals surface area contributed by atoms with E-state index in [1.807, 2.05) is 42.5 Å². The number of nitrogens with zero attached hydrogens (tertiary/aromatic N) is 4. The van der Waals surface area contributed by atoms with Crippen molar-refractivity contribution in [2.24, 2.45) is 0 Å². The van der Waals surface area contributed by atoms with Crippen molar-refractivity contribution in [3.05, 3.63) is 46.9 Å². The lowest BCUT2D eigenvalue weighted by atomic mass is 10.2. The SMILES string of the molecule is Brc1ccc(-c2nn3c(-c4ccc5c(c4)OCO5)nnc3s2)cc1. The lowest BCUT2D eigenvalue weighted by molar-refractivity contribution is 0.174. The van der Waals surface area contributed by atoms with Gasteiger partial charge in [-0.2, -0.15) is 9.61 Å². The van der Waals surface area contributed by atoms with Gasteiger partial charge in [-0.3, -0.25) is 0 Å². The minimum atomic E-state index is 0.248. The van der Waals surface area contributed by atoms with Crippen LogP contribution in [0.15, 0.2) is 46.9 Å². The molecule has 1 aliphatic heterocycles. The Bertz CT molecular complexity index is 1060. The maximum Gasteiger partial charge on any atom is 0.235 e. The summed E-state index contributed by atoms with van der Waals surface area (Å²) in [5, 5.41) is 14.1. The molecule has 8 heteroatoms. The van der Waals surface area contributed by atoms with Crippen LogP contribution in [-0.4, -0.2) is 26.6 Å². The molecular formula is C16H9BrN4O2S. The van der Waals surface area contributed by atoms with E-state index in [0.717, 1.165) is 31.3 Å². The van der Waals surface area contributed by atoms with E-state index in [-0.39, 0.29) is 6.79 Å². The average molecular weight is 401 g/mol. The molecule has 0 N–H and O–H groups in total. The summed E-state index contributed by atoms with van der Waals surface area (Å²) in [6, 6.07) is 13.7. The van der Waals surface area contributed by atoms with Gasteiger partial charge in [0.2, 0.25) is 11.8 Å². The van der Waals surface area contributed by atoms with Crippen LogP contribution in [-0.2, 0) is 0 Å². The van der Waals surface area contributed by atoms with Crippen LogP contribution >= 0.6 is 27.3 Å². The van der Waals surface area contributed by atoms with Crippen LogP contribution in [0.5, 0.6) is 11.5 Å². The quantitative estimate of drug-likeness (QED) is 0.508. The molecule has 0 saturated carbocycles. The van der Waals surface area contributed by atoms with Gasteiger partial charge in [-0.15, -0.1) is 10.2 Å². The zero-order chi connectivity index (χ0) is 16.1. The third-order valence-corrected chi connectivity index (χ3v) is 5.19. The van der Waals surface area contributed by atoms with Crippen LogP contribution in [0.3, 0.4) is 0 Å². The maximum atomic E-state index is 5.43. The van der Waals surface area contributed by atoms with Crippen molar-refractivity contribution in [2.45, 2.75) is 0 Å². The number of benzene rings is 2. The van der Waals surface area contributed by atoms with Gasteiger partial charge in [-0.05, 0) is 30.3 Å². The van der Waals surface area contributed by atoms with E-state index in [2.05, 4.69) is 31.2 Å². The number of hydrogen-bond acceptors (Lipinski definition) is 6. The highest BCUT2D eigenvalue weighted by molar-refractivity contribution is 9.10. The molecule has 118 valence electrons. The summed E-state index contributed by atoms with van der Waals surface area (Å²) >= 11 is 4.95. The predicted molar refractivity (Wildman–Crippen MR) is 93.4 cm³/mol. The molecule has 0 amide bonds. The van der Waals surface area contributed by atoms with Gasteiger partial charge in [-0.1, -0.05) is 39.4 Å². The van der Waals surface area contributed by atoms with Crippen LogP contribution in [0.25, 0.3) is 26.9 Å². The summed E-state index contributed by atoms with van der Waals surface area (Å²) < 4.78 is 13.6. The van der Waals surface area contributed by atoms with E-state index in [4.69, 9.17) is 9.47 Å². The highest BCUT2D eigenvalue weighted by Crippen LogP contribution is 2.36. The second-order valence-corrected chi connectivity index (χ2v) is 7.07. The van der Waals surface area contributed by atoms with Crippen molar-refractivity contribution in [3.8, 4) is 33.5 Å². The molecule has 1 aliphatic rings. The first-order chi connectivity index (χ1) is 11.8. The lowest BCUT2D eigenvalue weighted by Gasteiger charge is -2.00. The van der Waals surface area contributed by atoms with Gasteiger partial charge in [0.25, 0.3) is 0 Å². The summed E-state index contributed by atoms with van der Waals surface area (Å²) in [5.74, 6) is 2.14. The molecule has 6 nitrogen and oxygen atoms in total. The number of ether oxygens (including phenoxy) is 2. The molecule has 0 fully saturated rings. The topological polar surface area (TPSA) is 61.5 Å². The normalized spacial score (nSPS) is 12.9. The first-order valence-electron chi connectivity index (χ1n) is 7.16. The van der Waals surface area contributed by atoms with Gasteiger partial charge < -0.3 is 9.47 Å². The molecule has 0 atom stereocenters. The Labute approximate surface area is 148 Å². The Kier molecular flexibility index (Phi) is 3.07. The van der Waals surface area contributed by atoms with Crippen LogP contribution in [0.4, 0.5) is 0 Å². The Morgan fingerprint density at radius 1 is 0.958 bits per heavy atom. The van der Waals surface area contributed by atoms with Crippen molar-refractivity contribution in [1.29, 1.82) is 0 Å². The van der Waals surface area contributed by atoms with E-state index in [0.29, 0.717) is 11.6 Å². The molecule has 0 unspecified atom stereocenters. The molecule has 0 bridgehead atoms. The minimum Gasteiger partial charge on any atom is -0.454 e. The first kappa shape index (κ1) is 13.9. The third-order valence-electron chi connectivity index (χ3n) is 3.71. The third kappa shape index (κ3) is 2.18. The molecule has 4 aromatic rings. The summed E-state index contributed by atoms with van der Waals surface area (Å²) in [4.78, 5) is 0.751. The summed E-state index contributed by atoms with van der Waals surface area (Å²) in [6.07, 6.45) is 0. The Morgan fingerprint density at radius 2 is 1.75 bits per heavy atom. The molecule has 2 aromatic carbocycles. The Hall–Kier alpha value is -2.45. The van der Waals surface area contributed by atoms with E-state index >= 15 is 0 Å². The second kappa shape index (κ2) is 5.29. The van der Waals surface area contributed by atoms with Crippen molar-refractivity contribution >= 4 is 32.2 Å². The Balaban J connectivity index is 1.61. The predicted octanol–water partition coefficient (Wildman–Crippen LogP) is 4.01. The van der Waals surface area contributed by atoms with Gasteiger partial charge in [-0.25, -0.2) is 0 Å². The van der Waals surface area contributed by atoms with Crippen LogP contribution in [0, 0.1) is 0 Å².